The van der Waals surface area contributed by atoms with Crippen molar-refractivity contribution in [3.05, 3.63) is 32.9 Å². The minimum Gasteiger partial charge on any atom is -0.480 e. The quantitative estimate of drug-likeness (QED) is 0.742. The molecule has 1 rings (SSSR count). The molecule has 5 nitrogen and oxygen atoms in total. The maximum atomic E-state index is 12.1. The number of methoxy groups -OCH3 is 1. The van der Waals surface area contributed by atoms with E-state index < -0.39 is 12.0 Å². The average Bonchev–Trinajstić information content (AvgIpc) is 2.37. The smallest absolute Gasteiger partial charge is 0.326 e. The highest BCUT2D eigenvalue weighted by Gasteiger charge is 2.21. The number of rotatable bonds is 6. The summed E-state index contributed by atoms with van der Waals surface area (Å²) in [5.41, 5.74) is 1.34. The molecule has 0 spiro atoms. The maximum absolute atomic E-state index is 12.1. The van der Waals surface area contributed by atoms with Crippen LogP contribution in [-0.2, 0) is 9.53 Å². The van der Waals surface area contributed by atoms with Gasteiger partial charge in [0.25, 0.3) is 5.91 Å². The first-order valence-electron chi connectivity index (χ1n) is 5.75. The Kier molecular flexibility index (Phi) is 6.23. The summed E-state index contributed by atoms with van der Waals surface area (Å²) >= 11 is 2.14. The van der Waals surface area contributed by atoms with Crippen molar-refractivity contribution in [2.24, 2.45) is 0 Å². The highest BCUT2D eigenvalue weighted by atomic mass is 127. The molecule has 2 N–H and O–H groups in total. The zero-order chi connectivity index (χ0) is 14.4. The first-order chi connectivity index (χ1) is 8.97. The molecule has 0 saturated carbocycles. The number of nitrogens with one attached hydrogen (secondary N) is 1. The molecule has 1 unspecified atom stereocenters. The molecule has 1 amide bonds. The van der Waals surface area contributed by atoms with Crippen molar-refractivity contribution in [1.29, 1.82) is 0 Å². The Morgan fingerprint density at radius 2 is 2.16 bits per heavy atom. The highest BCUT2D eigenvalue weighted by molar-refractivity contribution is 14.1. The van der Waals surface area contributed by atoms with E-state index >= 15 is 0 Å². The standard InChI is InChI=1S/C13H16INO4/c1-8-9(4-3-5-10(8)14)12(16)15-11(13(17)18)6-7-19-2/h3-5,11H,6-7H2,1-2H3,(H,15,16)(H,17,18). The minimum absolute atomic E-state index is 0.237. The number of ether oxygens (including phenoxy) is 1. The van der Waals surface area contributed by atoms with Gasteiger partial charge in [0, 0.05) is 29.3 Å². The molecule has 1 aromatic rings. The van der Waals surface area contributed by atoms with Crippen LogP contribution in [0.2, 0.25) is 0 Å². The Labute approximate surface area is 125 Å². The van der Waals surface area contributed by atoms with E-state index in [0.29, 0.717) is 5.56 Å². The first-order valence-corrected chi connectivity index (χ1v) is 6.83. The van der Waals surface area contributed by atoms with Gasteiger partial charge < -0.3 is 15.2 Å². The molecular formula is C13H16INO4. The van der Waals surface area contributed by atoms with E-state index in [1.54, 1.807) is 12.1 Å². The van der Waals surface area contributed by atoms with Crippen LogP contribution in [0.25, 0.3) is 0 Å². The highest BCUT2D eigenvalue weighted by Crippen LogP contribution is 2.15. The van der Waals surface area contributed by atoms with Gasteiger partial charge in [-0.1, -0.05) is 6.07 Å². The summed E-state index contributed by atoms with van der Waals surface area (Å²) in [6.07, 6.45) is 0.237. The Hall–Kier alpha value is -1.15. The zero-order valence-electron chi connectivity index (χ0n) is 10.8. The van der Waals surface area contributed by atoms with Gasteiger partial charge in [0.15, 0.2) is 0 Å². The largest absolute Gasteiger partial charge is 0.480 e. The van der Waals surface area contributed by atoms with Crippen molar-refractivity contribution in [3.8, 4) is 0 Å². The number of aliphatic carboxylic acids is 1. The Morgan fingerprint density at radius 1 is 1.47 bits per heavy atom. The van der Waals surface area contributed by atoms with Gasteiger partial charge in [0.05, 0.1) is 0 Å². The monoisotopic (exact) mass is 377 g/mol. The number of amides is 1. The fourth-order valence-corrected chi connectivity index (χ4v) is 2.08. The Morgan fingerprint density at radius 3 is 2.74 bits per heavy atom. The van der Waals surface area contributed by atoms with Crippen molar-refractivity contribution in [2.75, 3.05) is 13.7 Å². The molecule has 0 aliphatic carbocycles. The van der Waals surface area contributed by atoms with Gasteiger partial charge in [-0.2, -0.15) is 0 Å². The SMILES string of the molecule is COCCC(NC(=O)c1cccc(I)c1C)C(=O)O. The van der Waals surface area contributed by atoms with E-state index in [1.165, 1.54) is 7.11 Å². The number of carbonyl (C=O) groups excluding carboxylic acids is 1. The third-order valence-corrected chi connectivity index (χ3v) is 3.90. The van der Waals surface area contributed by atoms with Crippen LogP contribution in [0.5, 0.6) is 0 Å². The van der Waals surface area contributed by atoms with E-state index in [1.807, 2.05) is 13.0 Å². The summed E-state index contributed by atoms with van der Waals surface area (Å²) in [7, 11) is 1.49. The lowest BCUT2D eigenvalue weighted by molar-refractivity contribution is -0.139. The second kappa shape index (κ2) is 7.44. The molecule has 0 radical (unpaired) electrons. The van der Waals surface area contributed by atoms with Crippen LogP contribution in [0.4, 0.5) is 0 Å². The second-order valence-corrected chi connectivity index (χ2v) is 5.22. The number of benzene rings is 1. The van der Waals surface area contributed by atoms with Crippen LogP contribution in [0.1, 0.15) is 22.3 Å². The zero-order valence-corrected chi connectivity index (χ0v) is 12.9. The summed E-state index contributed by atoms with van der Waals surface area (Å²) in [4.78, 5) is 23.1. The van der Waals surface area contributed by atoms with Gasteiger partial charge in [-0.05, 0) is 47.2 Å². The lowest BCUT2D eigenvalue weighted by Gasteiger charge is -2.15. The lowest BCUT2D eigenvalue weighted by Crippen LogP contribution is -2.41. The van der Waals surface area contributed by atoms with E-state index in [9.17, 15) is 9.59 Å². The fourth-order valence-electron chi connectivity index (χ4n) is 1.58. The van der Waals surface area contributed by atoms with Gasteiger partial charge in [-0.15, -0.1) is 0 Å². The van der Waals surface area contributed by atoms with Crippen molar-refractivity contribution in [2.45, 2.75) is 19.4 Å². The van der Waals surface area contributed by atoms with Crippen LogP contribution in [-0.4, -0.2) is 36.7 Å². The topological polar surface area (TPSA) is 75.6 Å². The molecule has 6 heteroatoms. The van der Waals surface area contributed by atoms with Crippen LogP contribution in [0, 0.1) is 10.5 Å². The van der Waals surface area contributed by atoms with Crippen LogP contribution in [0.15, 0.2) is 18.2 Å². The molecule has 0 aliphatic rings. The van der Waals surface area contributed by atoms with Gasteiger partial charge >= 0.3 is 5.97 Å². The molecule has 0 bridgehead atoms. The van der Waals surface area contributed by atoms with Crippen LogP contribution >= 0.6 is 22.6 Å². The Balaban J connectivity index is 2.82. The summed E-state index contributed by atoms with van der Waals surface area (Å²) in [6, 6.07) is 4.41. The molecular weight excluding hydrogens is 361 g/mol. The second-order valence-electron chi connectivity index (χ2n) is 4.06. The summed E-state index contributed by atoms with van der Waals surface area (Å²) in [6.45, 7) is 2.12. The van der Waals surface area contributed by atoms with Crippen molar-refractivity contribution >= 4 is 34.5 Å². The number of halogens is 1. The third kappa shape index (κ3) is 4.46. The van der Waals surface area contributed by atoms with Crippen molar-refractivity contribution in [3.63, 3.8) is 0 Å². The molecule has 0 fully saturated rings. The van der Waals surface area contributed by atoms with Gasteiger partial charge in [-0.25, -0.2) is 4.79 Å². The number of carboxylic acids is 1. The summed E-state index contributed by atoms with van der Waals surface area (Å²) in [5, 5.41) is 11.6. The van der Waals surface area contributed by atoms with Gasteiger partial charge in [-0.3, -0.25) is 4.79 Å². The molecule has 0 aliphatic heterocycles. The summed E-state index contributed by atoms with van der Waals surface area (Å²) in [5.74, 6) is -1.44. The van der Waals surface area contributed by atoms with Crippen LogP contribution in [0.3, 0.4) is 0 Å². The van der Waals surface area contributed by atoms with Gasteiger partial charge in [0.2, 0.25) is 0 Å². The molecule has 1 aromatic carbocycles. The molecule has 0 saturated heterocycles. The maximum Gasteiger partial charge on any atom is 0.326 e. The predicted octanol–water partition coefficient (Wildman–Crippen LogP) is 1.82. The molecule has 0 aromatic heterocycles. The number of carboxylic acid groups (broad SMARTS) is 1. The van der Waals surface area contributed by atoms with Crippen molar-refractivity contribution < 1.29 is 19.4 Å². The summed E-state index contributed by atoms with van der Waals surface area (Å²) < 4.78 is 5.80. The molecule has 0 heterocycles. The van der Waals surface area contributed by atoms with E-state index in [-0.39, 0.29) is 18.9 Å². The minimum atomic E-state index is -1.06. The molecule has 19 heavy (non-hydrogen) atoms. The fraction of sp³-hybridized carbons (Fsp3) is 0.385. The number of carbonyl (C=O) groups is 2. The van der Waals surface area contributed by atoms with E-state index in [4.69, 9.17) is 9.84 Å². The first kappa shape index (κ1) is 15.9. The molecule has 1 atom stereocenters. The normalized spacial score (nSPS) is 11.9. The van der Waals surface area contributed by atoms with Crippen molar-refractivity contribution in [1.82, 2.24) is 5.32 Å². The average molecular weight is 377 g/mol. The molecule has 104 valence electrons. The Bertz CT molecular complexity index is 476. The van der Waals surface area contributed by atoms with Crippen LogP contribution < -0.4 is 5.32 Å². The predicted molar refractivity (Wildman–Crippen MR) is 79.3 cm³/mol. The van der Waals surface area contributed by atoms with E-state index in [2.05, 4.69) is 27.9 Å². The lowest BCUT2D eigenvalue weighted by atomic mass is 10.1. The number of hydrogen-bond donors (Lipinski definition) is 2. The van der Waals surface area contributed by atoms with E-state index in [0.717, 1.165) is 9.13 Å². The third-order valence-electron chi connectivity index (χ3n) is 2.73. The van der Waals surface area contributed by atoms with Gasteiger partial charge in [0.1, 0.15) is 6.04 Å². The number of hydrogen-bond acceptors (Lipinski definition) is 3.